The second kappa shape index (κ2) is 13.6. The minimum atomic E-state index is -3.74. The predicted octanol–water partition coefficient (Wildman–Crippen LogP) is 7.21. The number of para-hydroxylation sites is 1. The van der Waals surface area contributed by atoms with Gasteiger partial charge < -0.3 is 14.4 Å². The molecule has 0 fully saturated rings. The van der Waals surface area contributed by atoms with Crippen LogP contribution in [0.25, 0.3) is 21.8 Å². The van der Waals surface area contributed by atoms with Crippen LogP contribution in [-0.4, -0.2) is 36.5 Å². The molecule has 0 aliphatic carbocycles. The van der Waals surface area contributed by atoms with Gasteiger partial charge in [-0.3, -0.25) is 9.62 Å². The van der Waals surface area contributed by atoms with E-state index < -0.39 is 21.0 Å². The van der Waals surface area contributed by atoms with E-state index >= 15 is 0 Å². The molecule has 0 aliphatic heterocycles. The average Bonchev–Trinajstić information content (AvgIpc) is 3.39. The molecule has 5 aromatic carbocycles. The van der Waals surface area contributed by atoms with Gasteiger partial charge in [-0.2, -0.15) is 0 Å². The van der Waals surface area contributed by atoms with Crippen LogP contribution < -0.4 is 14.4 Å². The highest BCUT2D eigenvalue weighted by molar-refractivity contribution is 7.93. The standard InChI is InChI=1S/C37H36ClN3O4S/c1-37(42,30-16-18-31(19-17-30)41(46(43,44)27-38)26-29-12-6-3-7-13-29)39-22-23-45-32-20-21-34-33-14-8-9-15-35(33)40(36(34)24-32)25-28-10-4-2-5-11-28/h2-21,24,39,42H,22-23,25-27H2,1H3/t37-/m1/s1. The first-order chi connectivity index (χ1) is 22.2. The lowest BCUT2D eigenvalue weighted by atomic mass is 10.0. The summed E-state index contributed by atoms with van der Waals surface area (Å²) in [6.07, 6.45) is 0. The smallest absolute Gasteiger partial charge is 0.249 e. The SMILES string of the molecule is C[C@](O)(NCCOc1ccc2c3ccccc3n(Cc3ccccc3)c2c1)c1ccc(N(Cc2ccccc2)S(=O)(=O)CCl)cc1. The zero-order valence-electron chi connectivity index (χ0n) is 25.5. The van der Waals surface area contributed by atoms with E-state index in [1.807, 2.05) is 42.5 Å². The van der Waals surface area contributed by atoms with E-state index in [1.165, 1.54) is 26.2 Å². The Morgan fingerprint density at radius 2 is 1.43 bits per heavy atom. The van der Waals surface area contributed by atoms with E-state index in [0.717, 1.165) is 23.4 Å². The first-order valence-corrected chi connectivity index (χ1v) is 17.3. The van der Waals surface area contributed by atoms with Crippen molar-refractivity contribution in [3.05, 3.63) is 144 Å². The Morgan fingerprint density at radius 3 is 2.13 bits per heavy atom. The monoisotopic (exact) mass is 653 g/mol. The first kappa shape index (κ1) is 31.6. The van der Waals surface area contributed by atoms with Gasteiger partial charge in [0.1, 0.15) is 23.3 Å². The number of aliphatic hydroxyl groups is 1. The molecular formula is C37H36ClN3O4S. The number of aromatic nitrogens is 1. The molecule has 0 saturated carbocycles. The highest BCUT2D eigenvalue weighted by atomic mass is 35.5. The van der Waals surface area contributed by atoms with E-state index in [2.05, 4.69) is 70.5 Å². The van der Waals surface area contributed by atoms with Gasteiger partial charge in [-0.15, -0.1) is 11.6 Å². The summed E-state index contributed by atoms with van der Waals surface area (Å²) in [5, 5.41) is 16.2. The summed E-state index contributed by atoms with van der Waals surface area (Å²) >= 11 is 5.82. The molecule has 1 atom stereocenters. The molecule has 1 aromatic heterocycles. The maximum Gasteiger partial charge on any atom is 0.249 e. The van der Waals surface area contributed by atoms with Crippen LogP contribution in [0, 0.1) is 0 Å². The van der Waals surface area contributed by atoms with Gasteiger partial charge in [-0.25, -0.2) is 8.42 Å². The number of fused-ring (bicyclic) bond motifs is 3. The Hall–Kier alpha value is -4.34. The van der Waals surface area contributed by atoms with Crippen molar-refractivity contribution < 1.29 is 18.3 Å². The normalized spacial score (nSPS) is 13.1. The summed E-state index contributed by atoms with van der Waals surface area (Å²) in [6, 6.07) is 41.1. The number of benzene rings is 5. The second-order valence-electron chi connectivity index (χ2n) is 11.4. The van der Waals surface area contributed by atoms with Gasteiger partial charge >= 0.3 is 0 Å². The van der Waals surface area contributed by atoms with Crippen LogP contribution >= 0.6 is 11.6 Å². The van der Waals surface area contributed by atoms with Gasteiger partial charge in [0.15, 0.2) is 0 Å². The van der Waals surface area contributed by atoms with E-state index in [-0.39, 0.29) is 6.54 Å². The Balaban J connectivity index is 1.13. The van der Waals surface area contributed by atoms with Crippen molar-refractivity contribution in [2.45, 2.75) is 25.7 Å². The third-order valence-electron chi connectivity index (χ3n) is 8.13. The number of hydrogen-bond acceptors (Lipinski definition) is 5. The van der Waals surface area contributed by atoms with E-state index in [4.69, 9.17) is 16.3 Å². The summed E-state index contributed by atoms with van der Waals surface area (Å²) in [5.74, 6) is 0.745. The van der Waals surface area contributed by atoms with Crippen LogP contribution in [0.1, 0.15) is 23.6 Å². The van der Waals surface area contributed by atoms with Gasteiger partial charge in [-0.05, 0) is 53.9 Å². The molecule has 0 bridgehead atoms. The molecule has 0 unspecified atom stereocenters. The van der Waals surface area contributed by atoms with Crippen molar-refractivity contribution in [1.82, 2.24) is 9.88 Å². The molecule has 0 radical (unpaired) electrons. The van der Waals surface area contributed by atoms with Crippen LogP contribution in [0.15, 0.2) is 127 Å². The summed E-state index contributed by atoms with van der Waals surface area (Å²) in [6.45, 7) is 3.27. The molecule has 236 valence electrons. The molecule has 6 aromatic rings. The molecule has 7 nitrogen and oxygen atoms in total. The fourth-order valence-electron chi connectivity index (χ4n) is 5.73. The van der Waals surface area contributed by atoms with Crippen molar-refractivity contribution in [3.8, 4) is 5.75 Å². The summed E-state index contributed by atoms with van der Waals surface area (Å²) in [5.41, 5.74) is 4.01. The summed E-state index contributed by atoms with van der Waals surface area (Å²) < 4.78 is 35.4. The summed E-state index contributed by atoms with van der Waals surface area (Å²) in [4.78, 5) is 0. The number of alkyl halides is 1. The first-order valence-electron chi connectivity index (χ1n) is 15.1. The number of sulfonamides is 1. The maximum absolute atomic E-state index is 12.8. The fraction of sp³-hybridized carbons (Fsp3) is 0.189. The zero-order chi connectivity index (χ0) is 32.1. The number of nitrogens with zero attached hydrogens (tertiary/aromatic N) is 2. The van der Waals surface area contributed by atoms with Crippen molar-refractivity contribution in [2.24, 2.45) is 0 Å². The third kappa shape index (κ3) is 6.90. The van der Waals surface area contributed by atoms with Crippen LogP contribution in [-0.2, 0) is 28.8 Å². The molecule has 1 heterocycles. The molecule has 0 spiro atoms. The van der Waals surface area contributed by atoms with Crippen molar-refractivity contribution >= 4 is 49.1 Å². The van der Waals surface area contributed by atoms with Crippen LogP contribution in [0.3, 0.4) is 0 Å². The number of anilines is 1. The largest absolute Gasteiger partial charge is 0.492 e. The van der Waals surface area contributed by atoms with Gasteiger partial charge in [0.2, 0.25) is 10.0 Å². The van der Waals surface area contributed by atoms with E-state index in [9.17, 15) is 13.5 Å². The molecule has 9 heteroatoms. The van der Waals surface area contributed by atoms with Crippen molar-refractivity contribution in [3.63, 3.8) is 0 Å². The van der Waals surface area contributed by atoms with E-state index in [0.29, 0.717) is 24.4 Å². The molecule has 0 amide bonds. The molecule has 0 saturated heterocycles. The number of hydrogen-bond donors (Lipinski definition) is 2. The predicted molar refractivity (Wildman–Crippen MR) is 187 cm³/mol. The lowest BCUT2D eigenvalue weighted by molar-refractivity contribution is 0.0169. The molecule has 6 rings (SSSR count). The quantitative estimate of drug-likeness (QED) is 0.0782. The van der Waals surface area contributed by atoms with Gasteiger partial charge in [0.25, 0.3) is 0 Å². The molecule has 0 aliphatic rings. The summed E-state index contributed by atoms with van der Waals surface area (Å²) in [7, 11) is -3.74. The topological polar surface area (TPSA) is 83.8 Å². The zero-order valence-corrected chi connectivity index (χ0v) is 27.1. The number of ether oxygens (including phenoxy) is 1. The molecule has 2 N–H and O–H groups in total. The Morgan fingerprint density at radius 1 is 0.804 bits per heavy atom. The number of halogens is 1. The van der Waals surface area contributed by atoms with Gasteiger partial charge in [0, 0.05) is 35.4 Å². The van der Waals surface area contributed by atoms with Crippen LogP contribution in [0.5, 0.6) is 5.75 Å². The highest BCUT2D eigenvalue weighted by Gasteiger charge is 2.25. The Labute approximate surface area is 274 Å². The maximum atomic E-state index is 12.8. The second-order valence-corrected chi connectivity index (χ2v) is 13.9. The minimum Gasteiger partial charge on any atom is -0.492 e. The number of nitrogens with one attached hydrogen (secondary N) is 1. The van der Waals surface area contributed by atoms with Crippen molar-refractivity contribution in [1.29, 1.82) is 0 Å². The van der Waals surface area contributed by atoms with Gasteiger partial charge in [0.05, 0.1) is 17.7 Å². The number of rotatable bonds is 13. The van der Waals surface area contributed by atoms with Crippen molar-refractivity contribution in [2.75, 3.05) is 22.7 Å². The Bertz CT molecular complexity index is 2030. The fourth-order valence-corrected chi connectivity index (χ4v) is 6.99. The minimum absolute atomic E-state index is 0.153. The van der Waals surface area contributed by atoms with E-state index in [1.54, 1.807) is 31.2 Å². The third-order valence-corrected chi connectivity index (χ3v) is 10.2. The van der Waals surface area contributed by atoms with Gasteiger partial charge in [-0.1, -0.05) is 91.0 Å². The Kier molecular flexibility index (Phi) is 9.33. The lowest BCUT2D eigenvalue weighted by Gasteiger charge is -2.27. The lowest BCUT2D eigenvalue weighted by Crippen LogP contribution is -2.41. The molecule has 46 heavy (non-hydrogen) atoms. The molecular weight excluding hydrogens is 618 g/mol. The highest BCUT2D eigenvalue weighted by Crippen LogP contribution is 2.32. The van der Waals surface area contributed by atoms with Crippen LogP contribution in [0.2, 0.25) is 0 Å². The average molecular weight is 654 g/mol. The van der Waals surface area contributed by atoms with Crippen LogP contribution in [0.4, 0.5) is 5.69 Å².